The van der Waals surface area contributed by atoms with Crippen LogP contribution in [0.15, 0.2) is 42.5 Å². The summed E-state index contributed by atoms with van der Waals surface area (Å²) in [6, 6.07) is 11.6. The summed E-state index contributed by atoms with van der Waals surface area (Å²) in [6.07, 6.45) is 3.63. The molecule has 126 valence electrons. The quantitative estimate of drug-likeness (QED) is 0.713. The highest BCUT2D eigenvalue weighted by Gasteiger charge is 2.04. The van der Waals surface area contributed by atoms with Gasteiger partial charge in [-0.1, -0.05) is 24.3 Å². The molecular weight excluding hydrogens is 304 g/mol. The molecule has 0 unspecified atom stereocenters. The van der Waals surface area contributed by atoms with Crippen LogP contribution in [0.4, 0.5) is 0 Å². The zero-order chi connectivity index (χ0) is 17.5. The molecule has 0 aromatic heterocycles. The standard InChI is InChI=1S/C19H22N2O3/c1-21(2)10-9-20-19(24)16-7-5-14(6-8-16)3-4-15-11-17(22)13-18(23)12-15/h3-8,11-13,22-23H,9-10H2,1-2H3,(H,20,24)/b4-3+. The van der Waals surface area contributed by atoms with Gasteiger partial charge in [0, 0.05) is 24.7 Å². The van der Waals surface area contributed by atoms with Crippen LogP contribution in [0, 0.1) is 0 Å². The minimum atomic E-state index is -0.0923. The number of likely N-dealkylation sites (N-methyl/N-ethyl adjacent to an activating group) is 1. The van der Waals surface area contributed by atoms with Crippen molar-refractivity contribution in [1.29, 1.82) is 0 Å². The number of nitrogens with zero attached hydrogens (tertiary/aromatic N) is 1. The Balaban J connectivity index is 1.98. The van der Waals surface area contributed by atoms with Crippen LogP contribution in [0.3, 0.4) is 0 Å². The third-order valence-corrected chi connectivity index (χ3v) is 3.41. The zero-order valence-electron chi connectivity index (χ0n) is 13.9. The zero-order valence-corrected chi connectivity index (χ0v) is 13.9. The first kappa shape index (κ1) is 17.6. The van der Waals surface area contributed by atoms with E-state index in [1.165, 1.54) is 6.07 Å². The van der Waals surface area contributed by atoms with E-state index < -0.39 is 0 Å². The van der Waals surface area contributed by atoms with E-state index in [4.69, 9.17) is 0 Å². The minimum absolute atomic E-state index is 0.0133. The van der Waals surface area contributed by atoms with Crippen molar-refractivity contribution in [3.05, 3.63) is 59.2 Å². The van der Waals surface area contributed by atoms with Gasteiger partial charge in [0.05, 0.1) is 0 Å². The van der Waals surface area contributed by atoms with E-state index in [0.717, 1.165) is 12.1 Å². The molecule has 0 radical (unpaired) electrons. The predicted octanol–water partition coefficient (Wildman–Crippen LogP) is 2.56. The molecule has 0 spiro atoms. The van der Waals surface area contributed by atoms with Gasteiger partial charge in [0.2, 0.25) is 0 Å². The lowest BCUT2D eigenvalue weighted by Gasteiger charge is -2.10. The number of rotatable bonds is 6. The molecule has 0 aliphatic rings. The number of phenols is 2. The Bertz CT molecular complexity index is 702. The molecule has 0 saturated carbocycles. The van der Waals surface area contributed by atoms with Crippen molar-refractivity contribution in [2.45, 2.75) is 0 Å². The highest BCUT2D eigenvalue weighted by atomic mass is 16.3. The maximum atomic E-state index is 12.0. The first-order valence-electron chi connectivity index (χ1n) is 7.68. The fourth-order valence-corrected chi connectivity index (χ4v) is 2.15. The Morgan fingerprint density at radius 3 is 2.17 bits per heavy atom. The molecule has 3 N–H and O–H groups in total. The third-order valence-electron chi connectivity index (χ3n) is 3.41. The number of nitrogens with one attached hydrogen (secondary N) is 1. The lowest BCUT2D eigenvalue weighted by atomic mass is 10.1. The average molecular weight is 326 g/mol. The van der Waals surface area contributed by atoms with Crippen LogP contribution in [0.5, 0.6) is 11.5 Å². The van der Waals surface area contributed by atoms with Crippen LogP contribution in [-0.4, -0.2) is 48.2 Å². The van der Waals surface area contributed by atoms with E-state index in [-0.39, 0.29) is 17.4 Å². The summed E-state index contributed by atoms with van der Waals surface area (Å²) in [5.74, 6) is -0.0657. The summed E-state index contributed by atoms with van der Waals surface area (Å²) in [6.45, 7) is 1.40. The molecule has 2 rings (SSSR count). The van der Waals surface area contributed by atoms with Crippen molar-refractivity contribution >= 4 is 18.1 Å². The van der Waals surface area contributed by atoms with E-state index in [1.807, 2.05) is 37.2 Å². The highest BCUT2D eigenvalue weighted by Crippen LogP contribution is 2.22. The Morgan fingerprint density at radius 2 is 1.58 bits per heavy atom. The molecule has 0 fully saturated rings. The maximum absolute atomic E-state index is 12.0. The van der Waals surface area contributed by atoms with Gasteiger partial charge in [0.1, 0.15) is 11.5 Å². The Hall–Kier alpha value is -2.79. The Labute approximate surface area is 141 Å². The summed E-state index contributed by atoms with van der Waals surface area (Å²) >= 11 is 0. The smallest absolute Gasteiger partial charge is 0.251 e. The van der Waals surface area contributed by atoms with Gasteiger partial charge in [-0.15, -0.1) is 0 Å². The minimum Gasteiger partial charge on any atom is -0.508 e. The summed E-state index contributed by atoms with van der Waals surface area (Å²) in [5, 5.41) is 21.8. The lowest BCUT2D eigenvalue weighted by Crippen LogP contribution is -2.31. The van der Waals surface area contributed by atoms with Crippen LogP contribution in [0.25, 0.3) is 12.2 Å². The van der Waals surface area contributed by atoms with Crippen LogP contribution in [-0.2, 0) is 0 Å². The first-order chi connectivity index (χ1) is 11.4. The maximum Gasteiger partial charge on any atom is 0.251 e. The monoisotopic (exact) mass is 326 g/mol. The van der Waals surface area contributed by atoms with E-state index in [1.54, 1.807) is 30.3 Å². The summed E-state index contributed by atoms with van der Waals surface area (Å²) in [4.78, 5) is 14.0. The molecule has 0 aliphatic carbocycles. The second kappa shape index (κ2) is 8.17. The lowest BCUT2D eigenvalue weighted by molar-refractivity contribution is 0.0951. The fourth-order valence-electron chi connectivity index (χ4n) is 2.15. The van der Waals surface area contributed by atoms with Crippen molar-refractivity contribution in [3.63, 3.8) is 0 Å². The predicted molar refractivity (Wildman–Crippen MR) is 96.0 cm³/mol. The number of carbonyl (C=O) groups excluding carboxylic acids is 1. The van der Waals surface area contributed by atoms with E-state index in [9.17, 15) is 15.0 Å². The molecule has 0 bridgehead atoms. The van der Waals surface area contributed by atoms with Gasteiger partial charge in [0.25, 0.3) is 5.91 Å². The van der Waals surface area contributed by atoms with Gasteiger partial charge < -0.3 is 20.4 Å². The first-order valence-corrected chi connectivity index (χ1v) is 7.68. The van der Waals surface area contributed by atoms with Crippen LogP contribution >= 0.6 is 0 Å². The molecule has 0 atom stereocenters. The number of phenolic OH excluding ortho intramolecular Hbond substituents is 2. The summed E-state index contributed by atoms with van der Waals surface area (Å²) in [7, 11) is 3.92. The SMILES string of the molecule is CN(C)CCNC(=O)c1ccc(/C=C/c2cc(O)cc(O)c2)cc1. The average Bonchev–Trinajstić information content (AvgIpc) is 2.52. The largest absolute Gasteiger partial charge is 0.508 e. The van der Waals surface area contributed by atoms with Crippen LogP contribution in [0.2, 0.25) is 0 Å². The topological polar surface area (TPSA) is 72.8 Å². The van der Waals surface area contributed by atoms with Crippen molar-refractivity contribution in [2.24, 2.45) is 0 Å². The van der Waals surface area contributed by atoms with Crippen molar-refractivity contribution in [1.82, 2.24) is 10.2 Å². The fraction of sp³-hybridized carbons (Fsp3) is 0.211. The summed E-state index contributed by atoms with van der Waals surface area (Å²) in [5.41, 5.74) is 2.22. The van der Waals surface area contributed by atoms with Crippen molar-refractivity contribution in [3.8, 4) is 11.5 Å². The number of hydrogen-bond donors (Lipinski definition) is 3. The number of benzene rings is 2. The molecule has 2 aromatic rings. The normalized spacial score (nSPS) is 11.1. The van der Waals surface area contributed by atoms with Crippen molar-refractivity contribution in [2.75, 3.05) is 27.2 Å². The van der Waals surface area contributed by atoms with Crippen LogP contribution < -0.4 is 5.32 Å². The molecule has 0 aliphatic heterocycles. The van der Waals surface area contributed by atoms with Gasteiger partial charge >= 0.3 is 0 Å². The van der Waals surface area contributed by atoms with E-state index >= 15 is 0 Å². The Kier molecular flexibility index (Phi) is 5.98. The van der Waals surface area contributed by atoms with Gasteiger partial charge in [-0.3, -0.25) is 4.79 Å². The molecular formula is C19H22N2O3. The van der Waals surface area contributed by atoms with Gasteiger partial charge in [-0.05, 0) is 49.5 Å². The second-order valence-electron chi connectivity index (χ2n) is 5.80. The van der Waals surface area contributed by atoms with Gasteiger partial charge in [-0.2, -0.15) is 0 Å². The second-order valence-corrected chi connectivity index (χ2v) is 5.80. The Morgan fingerprint density at radius 1 is 1.00 bits per heavy atom. The molecule has 0 saturated heterocycles. The van der Waals surface area contributed by atoms with E-state index in [0.29, 0.717) is 17.7 Å². The van der Waals surface area contributed by atoms with Gasteiger partial charge in [-0.25, -0.2) is 0 Å². The third kappa shape index (κ3) is 5.44. The molecule has 1 amide bonds. The number of aromatic hydroxyl groups is 2. The molecule has 5 nitrogen and oxygen atoms in total. The van der Waals surface area contributed by atoms with Crippen molar-refractivity contribution < 1.29 is 15.0 Å². The number of carbonyl (C=O) groups is 1. The molecule has 0 heterocycles. The number of hydrogen-bond acceptors (Lipinski definition) is 4. The van der Waals surface area contributed by atoms with E-state index in [2.05, 4.69) is 5.32 Å². The summed E-state index contributed by atoms with van der Waals surface area (Å²) < 4.78 is 0. The highest BCUT2D eigenvalue weighted by molar-refractivity contribution is 5.94. The molecule has 5 heteroatoms. The number of amides is 1. The molecule has 24 heavy (non-hydrogen) atoms. The molecule has 2 aromatic carbocycles. The van der Waals surface area contributed by atoms with Crippen LogP contribution in [0.1, 0.15) is 21.5 Å². The van der Waals surface area contributed by atoms with Gasteiger partial charge in [0.15, 0.2) is 0 Å².